The molecule has 3 aliphatic carbocycles. The molecule has 11 nitrogen and oxygen atoms in total. The fourth-order valence-electron chi connectivity index (χ4n) is 6.27. The van der Waals surface area contributed by atoms with E-state index >= 15 is 0 Å². The van der Waals surface area contributed by atoms with Crippen LogP contribution in [0.2, 0.25) is 0 Å². The van der Waals surface area contributed by atoms with Crippen LogP contribution >= 0.6 is 0 Å². The van der Waals surface area contributed by atoms with Crippen LogP contribution in [-0.4, -0.2) is 72.6 Å². The van der Waals surface area contributed by atoms with Crippen LogP contribution in [-0.2, 0) is 19.2 Å². The number of carbonyl (C=O) groups is 4. The van der Waals surface area contributed by atoms with Crippen molar-refractivity contribution in [1.82, 2.24) is 20.9 Å². The lowest BCUT2D eigenvalue weighted by Gasteiger charge is -2.33. The van der Waals surface area contributed by atoms with E-state index in [-0.39, 0.29) is 42.4 Å². The minimum absolute atomic E-state index is 0.0651. The average Bonchev–Trinajstić information content (AvgIpc) is 2.91. The van der Waals surface area contributed by atoms with Gasteiger partial charge in [-0.25, -0.2) is 9.18 Å². The first-order valence-electron chi connectivity index (χ1n) is 14.5. The van der Waals surface area contributed by atoms with Crippen molar-refractivity contribution in [1.29, 1.82) is 0 Å². The van der Waals surface area contributed by atoms with Crippen LogP contribution in [0.3, 0.4) is 0 Å². The zero-order chi connectivity index (χ0) is 28.4. The summed E-state index contributed by atoms with van der Waals surface area (Å²) in [7, 11) is 1.68. The van der Waals surface area contributed by atoms with Gasteiger partial charge in [0.25, 0.3) is 0 Å². The van der Waals surface area contributed by atoms with Crippen LogP contribution in [0.15, 0.2) is 0 Å². The van der Waals surface area contributed by atoms with E-state index in [4.69, 9.17) is 11.6 Å². The summed E-state index contributed by atoms with van der Waals surface area (Å²) in [4.78, 5) is 54.3. The topological polar surface area (TPSA) is 169 Å². The van der Waals surface area contributed by atoms with Gasteiger partial charge in [-0.15, -0.1) is 0 Å². The Morgan fingerprint density at radius 2 is 1.46 bits per heavy atom. The van der Waals surface area contributed by atoms with Crippen LogP contribution in [0.25, 0.3) is 0 Å². The Bertz CT molecular complexity index is 831. The molecular weight excluding hydrogens is 507 g/mol. The number of hydrogen-bond donors (Lipinski definition) is 5. The second-order valence-corrected chi connectivity index (χ2v) is 11.8. The fraction of sp³-hybridized carbons (Fsp3) is 0.852. The number of nitrogens with two attached hydrogens (primary N) is 2. The van der Waals surface area contributed by atoms with Crippen molar-refractivity contribution in [2.24, 2.45) is 23.5 Å². The van der Waals surface area contributed by atoms with Gasteiger partial charge in [-0.2, -0.15) is 5.90 Å². The van der Waals surface area contributed by atoms with Crippen LogP contribution in [0.4, 0.5) is 9.18 Å². The molecule has 3 aliphatic rings. The summed E-state index contributed by atoms with van der Waals surface area (Å²) in [5.41, 5.74) is 5.79. The van der Waals surface area contributed by atoms with Crippen molar-refractivity contribution in [2.45, 2.75) is 120 Å². The Balaban J connectivity index is 1.28. The molecule has 222 valence electrons. The van der Waals surface area contributed by atoms with Crippen molar-refractivity contribution in [3.8, 4) is 0 Å². The molecule has 39 heavy (non-hydrogen) atoms. The number of nitrogens with zero attached hydrogens (tertiary/aromatic N) is 1. The van der Waals surface area contributed by atoms with Crippen molar-refractivity contribution >= 4 is 23.8 Å². The highest BCUT2D eigenvalue weighted by molar-refractivity contribution is 5.86. The second-order valence-electron chi connectivity index (χ2n) is 11.8. The molecule has 0 aromatic heterocycles. The minimum atomic E-state index is -0.977. The van der Waals surface area contributed by atoms with Gasteiger partial charge in [0.2, 0.25) is 11.8 Å². The molecule has 3 saturated carbocycles. The predicted octanol–water partition coefficient (Wildman–Crippen LogP) is 1.78. The molecule has 3 fully saturated rings. The number of amides is 4. The number of rotatable bonds is 10. The third-order valence-corrected chi connectivity index (χ3v) is 8.61. The molecule has 3 rings (SSSR count). The number of urea groups is 1. The molecule has 3 atom stereocenters. The molecule has 0 saturated heterocycles. The predicted molar refractivity (Wildman–Crippen MR) is 144 cm³/mol. The van der Waals surface area contributed by atoms with Gasteiger partial charge in [-0.3, -0.25) is 14.4 Å². The highest BCUT2D eigenvalue weighted by Crippen LogP contribution is 2.29. The van der Waals surface area contributed by atoms with Crippen molar-refractivity contribution in [2.75, 3.05) is 13.6 Å². The highest BCUT2D eigenvalue weighted by atomic mass is 19.1. The zero-order valence-corrected chi connectivity index (χ0v) is 23.2. The second kappa shape index (κ2) is 15.4. The lowest BCUT2D eigenvalue weighted by molar-refractivity contribution is -0.147. The smallest absolute Gasteiger partial charge is 0.326 e. The number of halogens is 1. The SMILES string of the molecule is CN(CC1CCC(NC(=O)CC2CCC(NC(=O)NC3CCCCC3F)CC2)CC1)C(=O)C(N)CC(=O)ON. The summed E-state index contributed by atoms with van der Waals surface area (Å²) in [6.45, 7) is 0.551. The quantitative estimate of drug-likeness (QED) is 0.256. The Kier molecular flexibility index (Phi) is 12.2. The van der Waals surface area contributed by atoms with Crippen molar-refractivity contribution in [3.05, 3.63) is 0 Å². The molecule has 0 bridgehead atoms. The van der Waals surface area contributed by atoms with Gasteiger partial charge in [-0.05, 0) is 76.0 Å². The molecule has 0 aromatic rings. The van der Waals surface area contributed by atoms with E-state index in [1.807, 2.05) is 0 Å². The van der Waals surface area contributed by atoms with Crippen molar-refractivity contribution < 1.29 is 28.4 Å². The third kappa shape index (κ3) is 10.2. The number of carbonyl (C=O) groups excluding carboxylic acids is 4. The van der Waals surface area contributed by atoms with Crippen LogP contribution in [0.5, 0.6) is 0 Å². The summed E-state index contributed by atoms with van der Waals surface area (Å²) in [6.07, 6.45) is 9.23. The maximum atomic E-state index is 14.0. The van der Waals surface area contributed by atoms with Crippen LogP contribution in [0.1, 0.15) is 89.9 Å². The molecule has 0 aliphatic heterocycles. The fourth-order valence-corrected chi connectivity index (χ4v) is 6.27. The zero-order valence-electron chi connectivity index (χ0n) is 23.2. The van der Waals surface area contributed by atoms with Crippen LogP contribution in [0, 0.1) is 11.8 Å². The number of likely N-dealkylation sites (N-methyl/N-ethyl adjacent to an activating group) is 1. The van der Waals surface area contributed by atoms with Gasteiger partial charge in [0.15, 0.2) is 0 Å². The summed E-state index contributed by atoms with van der Waals surface area (Å²) in [6, 6.07) is -1.44. The number of alkyl halides is 1. The molecule has 0 spiro atoms. The van der Waals surface area contributed by atoms with E-state index in [2.05, 4.69) is 20.8 Å². The summed E-state index contributed by atoms with van der Waals surface area (Å²) < 4.78 is 14.0. The van der Waals surface area contributed by atoms with E-state index in [1.165, 1.54) is 0 Å². The molecule has 7 N–H and O–H groups in total. The van der Waals surface area contributed by atoms with E-state index in [9.17, 15) is 23.6 Å². The summed E-state index contributed by atoms with van der Waals surface area (Å²) >= 11 is 0. The van der Waals surface area contributed by atoms with E-state index in [0.29, 0.717) is 37.6 Å². The standard InChI is InChI=1S/C27H47FN6O5/c1-34(26(37)22(29)15-25(36)39-30)16-18-8-12-19(13-9-18)31-24(35)14-17-6-10-20(11-7-17)32-27(38)33-23-5-3-2-4-21(23)28/h17-23H,2-16,29-30H2,1H3,(H,31,35)(H2,32,33,38). The number of hydrogen-bond acceptors (Lipinski definition) is 7. The van der Waals surface area contributed by atoms with Gasteiger partial charge in [0.05, 0.1) is 18.5 Å². The molecule has 0 aromatic carbocycles. The molecule has 0 radical (unpaired) electrons. The van der Waals surface area contributed by atoms with Gasteiger partial charge < -0.3 is 31.4 Å². The van der Waals surface area contributed by atoms with Crippen LogP contribution < -0.4 is 27.6 Å². The highest BCUT2D eigenvalue weighted by Gasteiger charge is 2.30. The minimum Gasteiger partial charge on any atom is -0.373 e. The van der Waals surface area contributed by atoms with Crippen molar-refractivity contribution in [3.63, 3.8) is 0 Å². The first-order valence-corrected chi connectivity index (χ1v) is 14.5. The first kappa shape index (κ1) is 31.1. The lowest BCUT2D eigenvalue weighted by Crippen LogP contribution is -2.50. The Labute approximate surface area is 230 Å². The largest absolute Gasteiger partial charge is 0.373 e. The van der Waals surface area contributed by atoms with E-state index < -0.39 is 18.2 Å². The molecule has 3 unspecified atom stereocenters. The monoisotopic (exact) mass is 554 g/mol. The van der Waals surface area contributed by atoms with Gasteiger partial charge in [-0.1, -0.05) is 12.8 Å². The van der Waals surface area contributed by atoms with E-state index in [1.54, 1.807) is 11.9 Å². The molecular formula is C27H47FN6O5. The lowest BCUT2D eigenvalue weighted by atomic mass is 9.83. The number of nitrogens with one attached hydrogen (secondary N) is 3. The van der Waals surface area contributed by atoms with Gasteiger partial charge in [0.1, 0.15) is 6.17 Å². The van der Waals surface area contributed by atoms with Gasteiger partial charge >= 0.3 is 12.0 Å². The Hall–Kier alpha value is -2.47. The molecule has 0 heterocycles. The maximum absolute atomic E-state index is 14.0. The average molecular weight is 555 g/mol. The first-order chi connectivity index (χ1) is 18.6. The molecule has 4 amide bonds. The maximum Gasteiger partial charge on any atom is 0.326 e. The normalized spacial score (nSPS) is 29.9. The summed E-state index contributed by atoms with van der Waals surface area (Å²) in [5, 5.41) is 8.98. The summed E-state index contributed by atoms with van der Waals surface area (Å²) in [5.74, 6) is 4.46. The Morgan fingerprint density at radius 1 is 0.872 bits per heavy atom. The van der Waals surface area contributed by atoms with E-state index in [0.717, 1.165) is 64.2 Å². The Morgan fingerprint density at radius 3 is 2.08 bits per heavy atom. The molecule has 12 heteroatoms. The third-order valence-electron chi connectivity index (χ3n) is 8.61. The van der Waals surface area contributed by atoms with Gasteiger partial charge in [0, 0.05) is 32.1 Å².